The lowest BCUT2D eigenvalue weighted by molar-refractivity contribution is 0.405. The number of allylic oxidation sites excluding steroid dienone is 1. The van der Waals surface area contributed by atoms with Crippen LogP contribution < -0.4 is 14.5 Å². The highest BCUT2D eigenvalue weighted by Gasteiger charge is 2.30. The summed E-state index contributed by atoms with van der Waals surface area (Å²) in [5.41, 5.74) is 4.18. The van der Waals surface area contributed by atoms with Gasteiger partial charge in [0.1, 0.15) is 11.5 Å². The van der Waals surface area contributed by atoms with Gasteiger partial charge in [-0.2, -0.15) is 5.10 Å². The molecule has 0 fully saturated rings. The summed E-state index contributed by atoms with van der Waals surface area (Å²) in [6.45, 7) is 0. The summed E-state index contributed by atoms with van der Waals surface area (Å²) in [4.78, 5) is 0. The number of rotatable bonds is 6. The van der Waals surface area contributed by atoms with Crippen LogP contribution in [0, 0.1) is 0 Å². The van der Waals surface area contributed by atoms with Gasteiger partial charge in [-0.25, -0.2) is 0 Å². The van der Waals surface area contributed by atoms with Crippen LogP contribution >= 0.6 is 15.9 Å². The average molecular weight is 463 g/mol. The number of hydrogen-bond donors (Lipinski definition) is 0. The van der Waals surface area contributed by atoms with Crippen LogP contribution in [-0.2, 0) is 0 Å². The molecule has 0 saturated carbocycles. The Morgan fingerprint density at radius 2 is 1.53 bits per heavy atom. The lowest BCUT2D eigenvalue weighted by atomic mass is 9.99. The van der Waals surface area contributed by atoms with Crippen molar-refractivity contribution in [2.45, 2.75) is 12.5 Å². The van der Waals surface area contributed by atoms with E-state index in [0.29, 0.717) is 0 Å². The number of halogens is 1. The molecular weight excluding hydrogens is 440 g/mol. The molecule has 0 spiro atoms. The Kier molecular flexibility index (Phi) is 6.19. The summed E-state index contributed by atoms with van der Waals surface area (Å²) >= 11 is 3.52. The Bertz CT molecular complexity index is 1080. The van der Waals surface area contributed by atoms with E-state index in [1.807, 2.05) is 54.6 Å². The van der Waals surface area contributed by atoms with E-state index >= 15 is 0 Å². The molecule has 3 aromatic rings. The third-order valence-electron chi connectivity index (χ3n) is 5.12. The second-order valence-corrected chi connectivity index (χ2v) is 7.87. The second kappa shape index (κ2) is 9.18. The zero-order valence-corrected chi connectivity index (χ0v) is 18.5. The molecule has 0 amide bonds. The molecule has 4 rings (SSSR count). The molecule has 4 nitrogen and oxygen atoms in total. The van der Waals surface area contributed by atoms with Gasteiger partial charge >= 0.3 is 0 Å². The van der Waals surface area contributed by atoms with Crippen molar-refractivity contribution in [1.29, 1.82) is 0 Å². The van der Waals surface area contributed by atoms with Crippen LogP contribution in [0.2, 0.25) is 0 Å². The van der Waals surface area contributed by atoms with Crippen molar-refractivity contribution >= 4 is 33.4 Å². The molecule has 0 aromatic heterocycles. The molecule has 1 heterocycles. The summed E-state index contributed by atoms with van der Waals surface area (Å²) in [5.74, 6) is 1.72. The predicted octanol–water partition coefficient (Wildman–Crippen LogP) is 6.49. The Morgan fingerprint density at radius 1 is 0.867 bits per heavy atom. The second-order valence-electron chi connectivity index (χ2n) is 6.95. The van der Waals surface area contributed by atoms with E-state index in [1.165, 1.54) is 0 Å². The molecule has 0 saturated heterocycles. The monoisotopic (exact) mass is 462 g/mol. The molecule has 5 heteroatoms. The molecule has 3 aromatic carbocycles. The first-order chi connectivity index (χ1) is 14.7. The molecule has 1 aliphatic rings. The van der Waals surface area contributed by atoms with Crippen molar-refractivity contribution in [3.05, 3.63) is 94.5 Å². The maximum absolute atomic E-state index is 5.64. The third kappa shape index (κ3) is 4.26. The number of anilines is 1. The van der Waals surface area contributed by atoms with Crippen LogP contribution in [0.15, 0.2) is 88.4 Å². The van der Waals surface area contributed by atoms with Crippen LogP contribution in [0.3, 0.4) is 0 Å². The van der Waals surface area contributed by atoms with Crippen LogP contribution in [0.25, 0.3) is 6.08 Å². The lowest BCUT2D eigenvalue weighted by Gasteiger charge is -2.25. The highest BCUT2D eigenvalue weighted by atomic mass is 79.9. The summed E-state index contributed by atoms with van der Waals surface area (Å²) in [7, 11) is 3.40. The maximum atomic E-state index is 5.64. The molecule has 0 radical (unpaired) electrons. The summed E-state index contributed by atoms with van der Waals surface area (Å²) in [5, 5.41) is 7.02. The van der Waals surface area contributed by atoms with Crippen molar-refractivity contribution in [3.8, 4) is 11.5 Å². The van der Waals surface area contributed by atoms with E-state index in [2.05, 4.69) is 51.3 Å². The standard InChI is InChI=1S/C25H23BrN2O2/c1-29-24-9-5-3-7-18(24)11-14-20-17-23(22-8-4-6-10-25(22)30-2)28(27-20)21-15-12-19(26)13-16-21/h3-16,23H,17H2,1-2H3/b14-11+/t23-/m0/s1. The molecule has 0 N–H and O–H groups in total. The lowest BCUT2D eigenvalue weighted by Crippen LogP contribution is -2.19. The Morgan fingerprint density at radius 3 is 2.27 bits per heavy atom. The van der Waals surface area contributed by atoms with E-state index in [4.69, 9.17) is 14.6 Å². The van der Waals surface area contributed by atoms with E-state index in [0.717, 1.165) is 44.9 Å². The molecule has 1 aliphatic heterocycles. The largest absolute Gasteiger partial charge is 0.496 e. The number of methoxy groups -OCH3 is 2. The quantitative estimate of drug-likeness (QED) is 0.419. The van der Waals surface area contributed by atoms with Gasteiger partial charge in [-0.05, 0) is 48.6 Å². The average Bonchev–Trinajstić information content (AvgIpc) is 3.22. The molecule has 0 aliphatic carbocycles. The molecule has 152 valence electrons. The molecule has 30 heavy (non-hydrogen) atoms. The van der Waals surface area contributed by atoms with Gasteiger partial charge in [-0.1, -0.05) is 52.3 Å². The maximum Gasteiger partial charge on any atom is 0.126 e. The Labute approximate surface area is 185 Å². The van der Waals surface area contributed by atoms with E-state index in [1.54, 1.807) is 14.2 Å². The number of para-hydroxylation sites is 2. The van der Waals surface area contributed by atoms with Crippen molar-refractivity contribution in [2.75, 3.05) is 19.2 Å². The summed E-state index contributed by atoms with van der Waals surface area (Å²) in [6.07, 6.45) is 4.91. The SMILES string of the molecule is COc1ccccc1/C=C/C1=NN(c2ccc(Br)cc2)[C@H](c2ccccc2OC)C1. The highest BCUT2D eigenvalue weighted by molar-refractivity contribution is 9.10. The number of hydrogen-bond acceptors (Lipinski definition) is 4. The predicted molar refractivity (Wildman–Crippen MR) is 126 cm³/mol. The number of nitrogens with zero attached hydrogens (tertiary/aromatic N) is 2. The van der Waals surface area contributed by atoms with Crippen molar-refractivity contribution in [3.63, 3.8) is 0 Å². The molecule has 1 atom stereocenters. The van der Waals surface area contributed by atoms with Gasteiger partial charge < -0.3 is 9.47 Å². The first-order valence-corrected chi connectivity index (χ1v) is 10.5. The number of benzene rings is 3. The van der Waals surface area contributed by atoms with Gasteiger partial charge in [0.2, 0.25) is 0 Å². The minimum atomic E-state index is 0.0552. The minimum absolute atomic E-state index is 0.0552. The van der Waals surface area contributed by atoms with E-state index in [9.17, 15) is 0 Å². The van der Waals surface area contributed by atoms with Crippen molar-refractivity contribution < 1.29 is 9.47 Å². The van der Waals surface area contributed by atoms with Gasteiger partial charge in [0.05, 0.1) is 31.7 Å². The van der Waals surface area contributed by atoms with Gasteiger partial charge in [0.25, 0.3) is 0 Å². The molecule has 0 unspecified atom stereocenters. The Hall–Kier alpha value is -3.05. The summed E-state index contributed by atoms with van der Waals surface area (Å²) in [6, 6.07) is 24.4. The minimum Gasteiger partial charge on any atom is -0.496 e. The number of hydrazone groups is 1. The topological polar surface area (TPSA) is 34.1 Å². The van der Waals surface area contributed by atoms with Crippen LogP contribution in [0.5, 0.6) is 11.5 Å². The third-order valence-corrected chi connectivity index (χ3v) is 5.65. The fraction of sp³-hybridized carbons (Fsp3) is 0.160. The highest BCUT2D eigenvalue weighted by Crippen LogP contribution is 2.39. The zero-order valence-electron chi connectivity index (χ0n) is 17.0. The zero-order chi connectivity index (χ0) is 20.9. The Balaban J connectivity index is 1.69. The van der Waals surface area contributed by atoms with E-state index < -0.39 is 0 Å². The fourth-order valence-corrected chi connectivity index (χ4v) is 3.90. The van der Waals surface area contributed by atoms with Crippen LogP contribution in [-0.4, -0.2) is 19.9 Å². The van der Waals surface area contributed by atoms with Crippen LogP contribution in [0.1, 0.15) is 23.6 Å². The first-order valence-electron chi connectivity index (χ1n) is 9.76. The molecular formula is C25H23BrN2O2. The van der Waals surface area contributed by atoms with Gasteiger partial charge in [0.15, 0.2) is 0 Å². The van der Waals surface area contributed by atoms with Crippen LogP contribution in [0.4, 0.5) is 5.69 Å². The summed E-state index contributed by atoms with van der Waals surface area (Å²) < 4.78 is 12.1. The van der Waals surface area contributed by atoms with Gasteiger partial charge in [0, 0.05) is 22.0 Å². The van der Waals surface area contributed by atoms with Gasteiger partial charge in [-0.15, -0.1) is 0 Å². The van der Waals surface area contributed by atoms with Crippen molar-refractivity contribution in [1.82, 2.24) is 0 Å². The smallest absolute Gasteiger partial charge is 0.126 e. The molecule has 0 bridgehead atoms. The first kappa shape index (κ1) is 20.2. The van der Waals surface area contributed by atoms with E-state index in [-0.39, 0.29) is 6.04 Å². The number of ether oxygens (including phenoxy) is 2. The fourth-order valence-electron chi connectivity index (χ4n) is 3.64. The van der Waals surface area contributed by atoms with Gasteiger partial charge in [-0.3, -0.25) is 5.01 Å². The normalized spacial score (nSPS) is 16.0. The van der Waals surface area contributed by atoms with Crippen molar-refractivity contribution in [2.24, 2.45) is 5.10 Å².